The molecule has 0 bridgehead atoms. The topological polar surface area (TPSA) is 58.0 Å². The van der Waals surface area contributed by atoms with Gasteiger partial charge in [0.25, 0.3) is 0 Å². The lowest BCUT2D eigenvalue weighted by Gasteiger charge is -2.20. The Kier molecular flexibility index (Phi) is 3.83. The summed E-state index contributed by atoms with van der Waals surface area (Å²) in [6.45, 7) is 6.17. The van der Waals surface area contributed by atoms with Gasteiger partial charge in [0.05, 0.1) is 18.8 Å². The minimum absolute atomic E-state index is 0.0334. The summed E-state index contributed by atoms with van der Waals surface area (Å²) in [5.74, 6) is 1.08. The molecule has 78 valence electrons. The molecule has 1 aromatic rings. The van der Waals surface area contributed by atoms with Crippen molar-refractivity contribution in [3.05, 3.63) is 17.8 Å². The molecule has 0 saturated heterocycles. The summed E-state index contributed by atoms with van der Waals surface area (Å²) in [6, 6.07) is 1.95. The highest BCUT2D eigenvalue weighted by Crippen LogP contribution is 2.09. The Bertz CT molecular complexity index is 288. The van der Waals surface area contributed by atoms with Crippen LogP contribution in [0.5, 0.6) is 0 Å². The zero-order valence-corrected chi connectivity index (χ0v) is 8.86. The summed E-state index contributed by atoms with van der Waals surface area (Å²) >= 11 is 0. The Balaban J connectivity index is 2.67. The minimum atomic E-state index is 0.0334. The number of nitrogens with zero attached hydrogens (tertiary/aromatic N) is 2. The van der Waals surface area contributed by atoms with Gasteiger partial charge in [-0.25, -0.2) is 0 Å². The number of rotatable bonds is 4. The van der Waals surface area contributed by atoms with Gasteiger partial charge in [0.1, 0.15) is 5.82 Å². The first-order valence-corrected chi connectivity index (χ1v) is 4.80. The molecular formula is C10H17N3O. The third-order valence-electron chi connectivity index (χ3n) is 2.13. The average molecular weight is 195 g/mol. The van der Waals surface area contributed by atoms with Gasteiger partial charge in [-0.2, -0.15) is 5.10 Å². The van der Waals surface area contributed by atoms with Crippen LogP contribution in [0.2, 0.25) is 0 Å². The highest BCUT2D eigenvalue weighted by molar-refractivity contribution is 5.36. The van der Waals surface area contributed by atoms with Gasteiger partial charge in [-0.15, -0.1) is 5.10 Å². The van der Waals surface area contributed by atoms with Gasteiger partial charge in [0.2, 0.25) is 0 Å². The number of anilines is 1. The zero-order valence-electron chi connectivity index (χ0n) is 8.86. The summed E-state index contributed by atoms with van der Waals surface area (Å²) in [5.41, 5.74) is 1.06. The third-order valence-corrected chi connectivity index (χ3v) is 2.13. The number of aryl methyl sites for hydroxylation is 1. The number of hydrogen-bond acceptors (Lipinski definition) is 4. The van der Waals surface area contributed by atoms with Crippen LogP contribution in [0.4, 0.5) is 5.82 Å². The van der Waals surface area contributed by atoms with Crippen LogP contribution in [-0.2, 0) is 0 Å². The Morgan fingerprint density at radius 3 is 2.71 bits per heavy atom. The molecule has 1 unspecified atom stereocenters. The second kappa shape index (κ2) is 4.91. The van der Waals surface area contributed by atoms with Gasteiger partial charge in [-0.05, 0) is 24.5 Å². The number of aliphatic hydroxyl groups excluding tert-OH is 1. The lowest BCUT2D eigenvalue weighted by atomic mass is 10.1. The van der Waals surface area contributed by atoms with Gasteiger partial charge in [0.15, 0.2) is 0 Å². The van der Waals surface area contributed by atoms with Crippen molar-refractivity contribution >= 4 is 5.82 Å². The van der Waals surface area contributed by atoms with Crippen molar-refractivity contribution in [3.63, 3.8) is 0 Å². The van der Waals surface area contributed by atoms with E-state index in [9.17, 15) is 0 Å². The predicted octanol–water partition coefficient (Wildman–Crippen LogP) is 1.21. The minimum Gasteiger partial charge on any atom is -0.394 e. The maximum atomic E-state index is 9.12. The molecule has 0 saturated carbocycles. The summed E-state index contributed by atoms with van der Waals surface area (Å²) < 4.78 is 0. The van der Waals surface area contributed by atoms with Crippen LogP contribution in [0.3, 0.4) is 0 Å². The predicted molar refractivity (Wildman–Crippen MR) is 56.1 cm³/mol. The molecule has 0 aliphatic carbocycles. The largest absolute Gasteiger partial charge is 0.394 e. The van der Waals surface area contributed by atoms with Crippen LogP contribution in [0.25, 0.3) is 0 Å². The monoisotopic (exact) mass is 195 g/mol. The van der Waals surface area contributed by atoms with E-state index >= 15 is 0 Å². The molecule has 1 rings (SSSR count). The second-order valence-electron chi connectivity index (χ2n) is 3.80. The second-order valence-corrected chi connectivity index (χ2v) is 3.80. The summed E-state index contributed by atoms with van der Waals surface area (Å²) in [7, 11) is 0. The van der Waals surface area contributed by atoms with Crippen molar-refractivity contribution in [1.82, 2.24) is 10.2 Å². The molecule has 2 N–H and O–H groups in total. The van der Waals surface area contributed by atoms with Crippen molar-refractivity contribution in [1.29, 1.82) is 0 Å². The fourth-order valence-corrected chi connectivity index (χ4v) is 1.15. The fraction of sp³-hybridized carbons (Fsp3) is 0.600. The molecule has 0 spiro atoms. The third kappa shape index (κ3) is 2.96. The van der Waals surface area contributed by atoms with Crippen molar-refractivity contribution in [2.24, 2.45) is 5.92 Å². The Morgan fingerprint density at radius 2 is 2.21 bits per heavy atom. The lowest BCUT2D eigenvalue weighted by molar-refractivity contribution is 0.249. The first-order chi connectivity index (χ1) is 6.63. The molecule has 1 aromatic heterocycles. The standard InChI is InChI=1S/C10H17N3O/c1-7(2)9(6-14)12-10-4-8(3)5-11-13-10/h4-5,7,9,14H,6H2,1-3H3,(H,12,13). The van der Waals surface area contributed by atoms with Crippen LogP contribution in [0, 0.1) is 12.8 Å². The number of aromatic nitrogens is 2. The molecule has 0 aliphatic heterocycles. The number of nitrogens with one attached hydrogen (secondary N) is 1. The fourth-order valence-electron chi connectivity index (χ4n) is 1.15. The molecule has 0 fully saturated rings. The molecular weight excluding hydrogens is 178 g/mol. The van der Waals surface area contributed by atoms with Crippen LogP contribution in [-0.4, -0.2) is 28.0 Å². The van der Waals surface area contributed by atoms with E-state index in [2.05, 4.69) is 29.4 Å². The average Bonchev–Trinajstić information content (AvgIpc) is 2.14. The van der Waals surface area contributed by atoms with E-state index in [1.54, 1.807) is 6.20 Å². The first kappa shape index (κ1) is 10.9. The van der Waals surface area contributed by atoms with Crippen LogP contribution < -0.4 is 5.32 Å². The molecule has 1 heterocycles. The summed E-state index contributed by atoms with van der Waals surface area (Å²) in [6.07, 6.45) is 1.70. The molecule has 4 heteroatoms. The Hall–Kier alpha value is -1.16. The Morgan fingerprint density at radius 1 is 1.50 bits per heavy atom. The molecule has 0 radical (unpaired) electrons. The maximum Gasteiger partial charge on any atom is 0.149 e. The van der Waals surface area contributed by atoms with E-state index in [1.807, 2.05) is 13.0 Å². The van der Waals surface area contributed by atoms with Crippen molar-refractivity contribution < 1.29 is 5.11 Å². The maximum absolute atomic E-state index is 9.12. The van der Waals surface area contributed by atoms with Crippen molar-refractivity contribution in [2.75, 3.05) is 11.9 Å². The van der Waals surface area contributed by atoms with Gasteiger partial charge < -0.3 is 10.4 Å². The molecule has 1 atom stereocenters. The van der Waals surface area contributed by atoms with E-state index in [1.165, 1.54) is 0 Å². The quantitative estimate of drug-likeness (QED) is 0.758. The van der Waals surface area contributed by atoms with Gasteiger partial charge >= 0.3 is 0 Å². The molecule has 0 aromatic carbocycles. The smallest absolute Gasteiger partial charge is 0.149 e. The van der Waals surface area contributed by atoms with E-state index in [-0.39, 0.29) is 12.6 Å². The van der Waals surface area contributed by atoms with Gasteiger partial charge in [-0.1, -0.05) is 13.8 Å². The van der Waals surface area contributed by atoms with Crippen molar-refractivity contribution in [3.8, 4) is 0 Å². The Labute approximate surface area is 84.4 Å². The van der Waals surface area contributed by atoms with Crippen LogP contribution >= 0.6 is 0 Å². The molecule has 0 amide bonds. The lowest BCUT2D eigenvalue weighted by Crippen LogP contribution is -2.29. The van der Waals surface area contributed by atoms with E-state index in [0.717, 1.165) is 11.4 Å². The zero-order chi connectivity index (χ0) is 10.6. The normalized spacial score (nSPS) is 12.9. The summed E-state index contributed by atoms with van der Waals surface area (Å²) in [5, 5.41) is 20.0. The number of hydrogen-bond donors (Lipinski definition) is 2. The first-order valence-electron chi connectivity index (χ1n) is 4.80. The SMILES string of the molecule is Cc1cnnc(NC(CO)C(C)C)c1. The molecule has 14 heavy (non-hydrogen) atoms. The van der Waals surface area contributed by atoms with E-state index < -0.39 is 0 Å². The highest BCUT2D eigenvalue weighted by Gasteiger charge is 2.12. The van der Waals surface area contributed by atoms with Crippen LogP contribution in [0.1, 0.15) is 19.4 Å². The number of aliphatic hydroxyl groups is 1. The van der Waals surface area contributed by atoms with E-state index in [0.29, 0.717) is 5.92 Å². The van der Waals surface area contributed by atoms with Gasteiger partial charge in [0, 0.05) is 0 Å². The van der Waals surface area contributed by atoms with Crippen molar-refractivity contribution in [2.45, 2.75) is 26.8 Å². The molecule has 4 nitrogen and oxygen atoms in total. The van der Waals surface area contributed by atoms with Crippen LogP contribution in [0.15, 0.2) is 12.3 Å². The molecule has 0 aliphatic rings. The summed E-state index contributed by atoms with van der Waals surface area (Å²) in [4.78, 5) is 0. The van der Waals surface area contributed by atoms with Gasteiger partial charge in [-0.3, -0.25) is 0 Å². The highest BCUT2D eigenvalue weighted by atomic mass is 16.3. The van der Waals surface area contributed by atoms with E-state index in [4.69, 9.17) is 5.11 Å².